The topological polar surface area (TPSA) is 72.2 Å². The summed E-state index contributed by atoms with van der Waals surface area (Å²) in [5.74, 6) is 1.19. The summed E-state index contributed by atoms with van der Waals surface area (Å²) >= 11 is 0. The van der Waals surface area contributed by atoms with Gasteiger partial charge < -0.3 is 5.32 Å². The molecule has 1 aliphatic carbocycles. The minimum Gasteiger partial charge on any atom is -0.344 e. The molecule has 0 bridgehead atoms. The van der Waals surface area contributed by atoms with Crippen LogP contribution in [0.1, 0.15) is 55.8 Å². The third-order valence-electron chi connectivity index (χ3n) is 4.43. The molecular formula is C15H21N5O. The van der Waals surface area contributed by atoms with E-state index in [1.165, 1.54) is 0 Å². The van der Waals surface area contributed by atoms with E-state index in [2.05, 4.69) is 34.2 Å². The Morgan fingerprint density at radius 3 is 2.81 bits per heavy atom. The number of hydrogen-bond donors (Lipinski definition) is 1. The molecule has 1 aliphatic rings. The third-order valence-corrected chi connectivity index (χ3v) is 4.43. The fraction of sp³-hybridized carbons (Fsp3) is 0.600. The molecule has 0 spiro atoms. The highest BCUT2D eigenvalue weighted by Crippen LogP contribution is 2.31. The summed E-state index contributed by atoms with van der Waals surface area (Å²) in [6.07, 6.45) is 5.98. The van der Waals surface area contributed by atoms with Gasteiger partial charge in [-0.15, -0.1) is 5.10 Å². The standard InChI is InChI=1S/C15H21N5O/c1-10-4-7-15(3,8-5-10)18-13(21)12-17-14-16-9-6-11(2)20(14)19-12/h6,9-10H,4-5,7-8H2,1-3H3,(H,18,21). The van der Waals surface area contributed by atoms with E-state index in [1.807, 2.05) is 13.0 Å². The highest BCUT2D eigenvalue weighted by Gasteiger charge is 2.32. The van der Waals surface area contributed by atoms with Crippen LogP contribution >= 0.6 is 0 Å². The first-order chi connectivity index (χ1) is 9.97. The lowest BCUT2D eigenvalue weighted by atomic mass is 9.78. The van der Waals surface area contributed by atoms with Crippen LogP contribution < -0.4 is 5.32 Å². The van der Waals surface area contributed by atoms with E-state index in [0.717, 1.165) is 37.3 Å². The van der Waals surface area contributed by atoms with Crippen molar-refractivity contribution in [2.45, 2.75) is 52.0 Å². The molecule has 0 saturated heterocycles. The lowest BCUT2D eigenvalue weighted by Crippen LogP contribution is -2.48. The predicted molar refractivity (Wildman–Crippen MR) is 79.0 cm³/mol. The Hall–Kier alpha value is -1.98. The van der Waals surface area contributed by atoms with Gasteiger partial charge in [0, 0.05) is 17.4 Å². The molecule has 3 rings (SSSR count). The molecular weight excluding hydrogens is 266 g/mol. The van der Waals surface area contributed by atoms with Crippen LogP contribution in [0.2, 0.25) is 0 Å². The number of aryl methyl sites for hydroxylation is 1. The number of hydrogen-bond acceptors (Lipinski definition) is 4. The number of nitrogens with one attached hydrogen (secondary N) is 1. The molecule has 0 atom stereocenters. The second-order valence-electron chi connectivity index (χ2n) is 6.43. The van der Waals surface area contributed by atoms with Crippen LogP contribution in [0.4, 0.5) is 0 Å². The van der Waals surface area contributed by atoms with Gasteiger partial charge in [0.05, 0.1) is 0 Å². The summed E-state index contributed by atoms with van der Waals surface area (Å²) in [4.78, 5) is 20.7. The Kier molecular flexibility index (Phi) is 3.39. The Bertz CT molecular complexity index is 670. The first kappa shape index (κ1) is 14.0. The average molecular weight is 287 g/mol. The maximum Gasteiger partial charge on any atom is 0.291 e. The molecule has 2 heterocycles. The number of aromatic nitrogens is 4. The summed E-state index contributed by atoms with van der Waals surface area (Å²) in [5, 5.41) is 7.36. The largest absolute Gasteiger partial charge is 0.344 e. The van der Waals surface area contributed by atoms with E-state index in [4.69, 9.17) is 0 Å². The van der Waals surface area contributed by atoms with Gasteiger partial charge in [0.2, 0.25) is 5.82 Å². The molecule has 0 aliphatic heterocycles. The van der Waals surface area contributed by atoms with Crippen molar-refractivity contribution in [1.29, 1.82) is 0 Å². The van der Waals surface area contributed by atoms with Crippen molar-refractivity contribution in [2.24, 2.45) is 5.92 Å². The van der Waals surface area contributed by atoms with Gasteiger partial charge in [0.15, 0.2) is 0 Å². The molecule has 0 aromatic carbocycles. The van der Waals surface area contributed by atoms with Crippen LogP contribution in [0, 0.1) is 12.8 Å². The number of carbonyl (C=O) groups is 1. The second kappa shape index (κ2) is 5.09. The Labute approximate surface area is 124 Å². The average Bonchev–Trinajstić information content (AvgIpc) is 2.88. The molecule has 1 amide bonds. The molecule has 2 aromatic rings. The van der Waals surface area contributed by atoms with E-state index < -0.39 is 0 Å². The Balaban J connectivity index is 1.79. The summed E-state index contributed by atoms with van der Waals surface area (Å²) in [6.45, 7) is 6.28. The molecule has 21 heavy (non-hydrogen) atoms. The van der Waals surface area contributed by atoms with Crippen LogP contribution in [0.25, 0.3) is 5.78 Å². The normalized spacial score (nSPS) is 26.0. The lowest BCUT2D eigenvalue weighted by Gasteiger charge is -2.36. The maximum atomic E-state index is 12.4. The molecule has 1 N–H and O–H groups in total. The fourth-order valence-corrected chi connectivity index (χ4v) is 2.86. The van der Waals surface area contributed by atoms with Gasteiger partial charge in [0.25, 0.3) is 11.7 Å². The van der Waals surface area contributed by atoms with Gasteiger partial charge in [-0.1, -0.05) is 6.92 Å². The van der Waals surface area contributed by atoms with E-state index >= 15 is 0 Å². The fourth-order valence-electron chi connectivity index (χ4n) is 2.86. The van der Waals surface area contributed by atoms with Crippen LogP contribution in [-0.2, 0) is 0 Å². The van der Waals surface area contributed by atoms with Crippen LogP contribution in [0.3, 0.4) is 0 Å². The minimum absolute atomic E-state index is 0.149. The molecule has 6 nitrogen and oxygen atoms in total. The Morgan fingerprint density at radius 2 is 2.14 bits per heavy atom. The van der Waals surface area contributed by atoms with Gasteiger partial charge in [-0.2, -0.15) is 4.98 Å². The smallest absolute Gasteiger partial charge is 0.291 e. The first-order valence-corrected chi connectivity index (χ1v) is 7.48. The van der Waals surface area contributed by atoms with Crippen LogP contribution in [0.15, 0.2) is 12.3 Å². The monoisotopic (exact) mass is 287 g/mol. The molecule has 1 fully saturated rings. The van der Waals surface area contributed by atoms with Crippen molar-refractivity contribution in [3.8, 4) is 0 Å². The lowest BCUT2D eigenvalue weighted by molar-refractivity contribution is 0.0859. The minimum atomic E-state index is -0.211. The molecule has 6 heteroatoms. The predicted octanol–water partition coefficient (Wildman–Crippen LogP) is 2.13. The highest BCUT2D eigenvalue weighted by atomic mass is 16.2. The van der Waals surface area contributed by atoms with E-state index in [9.17, 15) is 4.79 Å². The third kappa shape index (κ3) is 2.75. The van der Waals surface area contributed by atoms with Gasteiger partial charge in [0.1, 0.15) is 0 Å². The van der Waals surface area contributed by atoms with Gasteiger partial charge in [-0.05, 0) is 51.5 Å². The number of amides is 1. The van der Waals surface area contributed by atoms with Gasteiger partial charge >= 0.3 is 0 Å². The molecule has 112 valence electrons. The number of carbonyl (C=O) groups excluding carboxylic acids is 1. The molecule has 2 aromatic heterocycles. The van der Waals surface area contributed by atoms with E-state index in [0.29, 0.717) is 5.78 Å². The van der Waals surface area contributed by atoms with Crippen LogP contribution in [-0.4, -0.2) is 31.0 Å². The Morgan fingerprint density at radius 1 is 1.43 bits per heavy atom. The van der Waals surface area contributed by atoms with Crippen molar-refractivity contribution in [3.63, 3.8) is 0 Å². The second-order valence-corrected chi connectivity index (χ2v) is 6.43. The maximum absolute atomic E-state index is 12.4. The van der Waals surface area contributed by atoms with Crippen molar-refractivity contribution in [2.75, 3.05) is 0 Å². The van der Waals surface area contributed by atoms with Crippen molar-refractivity contribution in [1.82, 2.24) is 24.9 Å². The summed E-state index contributed by atoms with van der Waals surface area (Å²) in [5.41, 5.74) is 0.757. The van der Waals surface area contributed by atoms with Crippen molar-refractivity contribution >= 4 is 11.7 Å². The number of rotatable bonds is 2. The zero-order valence-corrected chi connectivity index (χ0v) is 12.8. The van der Waals surface area contributed by atoms with Gasteiger partial charge in [-0.25, -0.2) is 9.50 Å². The molecule has 0 unspecified atom stereocenters. The van der Waals surface area contributed by atoms with Crippen molar-refractivity contribution < 1.29 is 4.79 Å². The summed E-state index contributed by atoms with van der Waals surface area (Å²) in [6, 6.07) is 1.84. The summed E-state index contributed by atoms with van der Waals surface area (Å²) in [7, 11) is 0. The molecule has 1 saturated carbocycles. The number of fused-ring (bicyclic) bond motifs is 1. The zero-order valence-electron chi connectivity index (χ0n) is 12.8. The SMILES string of the molecule is Cc1ccnc2nc(C(=O)NC3(C)CCC(C)CC3)nn12. The quantitative estimate of drug-likeness (QED) is 0.918. The zero-order chi connectivity index (χ0) is 15.0. The first-order valence-electron chi connectivity index (χ1n) is 7.48. The van der Waals surface area contributed by atoms with E-state index in [-0.39, 0.29) is 17.3 Å². The highest BCUT2D eigenvalue weighted by molar-refractivity contribution is 5.91. The van der Waals surface area contributed by atoms with Crippen LogP contribution in [0.5, 0.6) is 0 Å². The molecule has 0 radical (unpaired) electrons. The number of nitrogens with zero attached hydrogens (tertiary/aromatic N) is 4. The van der Waals surface area contributed by atoms with Gasteiger partial charge in [-0.3, -0.25) is 4.79 Å². The van der Waals surface area contributed by atoms with E-state index in [1.54, 1.807) is 10.7 Å². The van der Waals surface area contributed by atoms with Crippen molar-refractivity contribution in [3.05, 3.63) is 23.8 Å². The summed E-state index contributed by atoms with van der Waals surface area (Å²) < 4.78 is 1.60.